The molecule has 0 aromatic carbocycles. The number of hydrogen-bond acceptors (Lipinski definition) is 18. The third kappa shape index (κ3) is 5.76. The smallest absolute Gasteiger partial charge is 0.404 e. The summed E-state index contributed by atoms with van der Waals surface area (Å²) in [6, 6.07) is 0.196. The van der Waals surface area contributed by atoms with Crippen LogP contribution in [0.3, 0.4) is 0 Å². The summed E-state index contributed by atoms with van der Waals surface area (Å²) in [5, 5.41) is 6.44. The number of likely N-dealkylation sites (N-methyl/N-ethyl adjacent to an activating group) is 2. The number of Topliss-reactive ketones (excluding diaryl/α,β-unsaturated/α-hetero) is 4. The van der Waals surface area contributed by atoms with Gasteiger partial charge in [-0.3, -0.25) is 29.0 Å². The van der Waals surface area contributed by atoms with Crippen LogP contribution in [0.4, 0.5) is 9.59 Å². The molecule has 0 saturated carbocycles. The Bertz CT molecular complexity index is 1880. The normalized spacial score (nSPS) is 35.3. The molecule has 4 saturated heterocycles. The van der Waals surface area contributed by atoms with Gasteiger partial charge in [0, 0.05) is 86.3 Å². The van der Waals surface area contributed by atoms with E-state index >= 15 is 0 Å². The van der Waals surface area contributed by atoms with Crippen molar-refractivity contribution < 1.29 is 47.7 Å². The zero-order valence-corrected chi connectivity index (χ0v) is 35.0. The number of piperazine rings is 2. The van der Waals surface area contributed by atoms with Gasteiger partial charge in [0.2, 0.25) is 23.1 Å². The number of methoxy groups -OCH3 is 2. The van der Waals surface area contributed by atoms with Gasteiger partial charge in [-0.15, -0.1) is 0 Å². The van der Waals surface area contributed by atoms with E-state index in [9.17, 15) is 28.8 Å². The van der Waals surface area contributed by atoms with Gasteiger partial charge < -0.3 is 50.8 Å². The molecule has 2 aliphatic carbocycles. The number of ketones is 4. The van der Waals surface area contributed by atoms with E-state index in [2.05, 4.69) is 20.4 Å². The molecule has 0 aromatic rings. The van der Waals surface area contributed by atoms with E-state index < -0.39 is 35.5 Å². The first-order valence-electron chi connectivity index (χ1n) is 19.4. The minimum absolute atomic E-state index is 0.0655. The van der Waals surface area contributed by atoms with E-state index in [1.165, 1.54) is 0 Å². The molecule has 4 fully saturated rings. The lowest BCUT2D eigenvalue weighted by molar-refractivity contribution is -0.144. The minimum Gasteiger partial charge on any atom is -0.449 e. The molecule has 0 bridgehead atoms. The van der Waals surface area contributed by atoms with Crippen molar-refractivity contribution in [2.45, 2.75) is 62.3 Å². The molecule has 0 aromatic heterocycles. The van der Waals surface area contributed by atoms with E-state index in [0.29, 0.717) is 59.9 Å². The van der Waals surface area contributed by atoms with Crippen LogP contribution in [0.1, 0.15) is 26.7 Å². The minimum atomic E-state index is -1.02. The molecule has 10 atom stereocenters. The fourth-order valence-corrected chi connectivity index (χ4v) is 12.8. The van der Waals surface area contributed by atoms with Gasteiger partial charge in [-0.2, -0.15) is 0 Å². The zero-order chi connectivity index (χ0) is 41.6. The van der Waals surface area contributed by atoms with Crippen LogP contribution in [0.25, 0.3) is 0 Å². The van der Waals surface area contributed by atoms with Crippen molar-refractivity contribution in [3.05, 3.63) is 45.1 Å². The highest BCUT2D eigenvalue weighted by atomic mass is 33.1. The first-order chi connectivity index (χ1) is 27.7. The first-order valence-corrected chi connectivity index (χ1v) is 21.9. The third-order valence-electron chi connectivity index (χ3n) is 13.4. The van der Waals surface area contributed by atoms with Gasteiger partial charge in [-0.1, -0.05) is 21.6 Å². The molecule has 6 aliphatic heterocycles. The van der Waals surface area contributed by atoms with Crippen molar-refractivity contribution in [2.24, 2.45) is 23.3 Å². The zero-order valence-electron chi connectivity index (χ0n) is 33.4. The Kier molecular flexibility index (Phi) is 10.4. The molecule has 0 radical (unpaired) electrons. The Morgan fingerprint density at radius 3 is 1.41 bits per heavy atom. The predicted octanol–water partition coefficient (Wildman–Crippen LogP) is -0.181. The topological polar surface area (TPSA) is 228 Å². The monoisotopic (exact) mass is 842 g/mol. The summed E-state index contributed by atoms with van der Waals surface area (Å²) >= 11 is 0. The SMILES string of the molecule is CO[C@@]12[C@H](COC(N)=O)C3=C(C(=O)C(C)=C(NCCCSSCCCNC4=C(C)C(=O)C5=C(C4=O)[C@@H](COC(N)=O)[C@@]4(OC)[C@@H]6[C@H](CN54)N6C)C3=O)N1C[C@H]1[C@@H]2N1C. The second-order valence-corrected chi connectivity index (χ2v) is 18.6. The highest BCUT2D eigenvalue weighted by Gasteiger charge is 2.76. The number of primary amides is 2. The van der Waals surface area contributed by atoms with Crippen LogP contribution in [0.2, 0.25) is 0 Å². The van der Waals surface area contributed by atoms with Crippen LogP contribution < -0.4 is 22.1 Å². The molecule has 58 heavy (non-hydrogen) atoms. The molecular weight excluding hydrogens is 793 g/mol. The number of fused-ring (bicyclic) bond motifs is 8. The maximum Gasteiger partial charge on any atom is 0.404 e. The van der Waals surface area contributed by atoms with Crippen LogP contribution >= 0.6 is 21.6 Å². The molecule has 20 heteroatoms. The molecule has 6 N–H and O–H groups in total. The highest BCUT2D eigenvalue weighted by Crippen LogP contribution is 2.60. The number of hydrogen-bond donors (Lipinski definition) is 4. The van der Waals surface area contributed by atoms with Gasteiger partial charge in [0.15, 0.2) is 11.4 Å². The Hall–Kier alpha value is -4.08. The Labute approximate surface area is 343 Å². The van der Waals surface area contributed by atoms with Crippen molar-refractivity contribution in [3.8, 4) is 0 Å². The summed E-state index contributed by atoms with van der Waals surface area (Å²) < 4.78 is 22.7. The van der Waals surface area contributed by atoms with E-state index in [1.54, 1.807) is 49.7 Å². The van der Waals surface area contributed by atoms with Crippen molar-refractivity contribution in [1.29, 1.82) is 0 Å². The number of carbonyl (C=O) groups is 6. The maximum absolute atomic E-state index is 14.1. The number of allylic oxidation sites excluding steroid dienone is 4. The molecule has 2 unspecified atom stereocenters. The van der Waals surface area contributed by atoms with Gasteiger partial charge in [-0.05, 0) is 40.8 Å². The van der Waals surface area contributed by atoms with E-state index in [1.807, 2.05) is 23.9 Å². The number of rotatable bonds is 17. The largest absolute Gasteiger partial charge is 0.449 e. The third-order valence-corrected chi connectivity index (χ3v) is 16.0. The van der Waals surface area contributed by atoms with Crippen molar-refractivity contribution in [3.63, 3.8) is 0 Å². The summed E-state index contributed by atoms with van der Waals surface area (Å²) in [5.74, 6) is -0.915. The Morgan fingerprint density at radius 2 is 1.07 bits per heavy atom. The van der Waals surface area contributed by atoms with E-state index in [-0.39, 0.29) is 71.9 Å². The summed E-state index contributed by atoms with van der Waals surface area (Å²) in [7, 11) is 10.4. The lowest BCUT2D eigenvalue weighted by Gasteiger charge is -2.40. The summed E-state index contributed by atoms with van der Waals surface area (Å²) in [6.07, 6.45) is -0.492. The molecule has 2 amide bonds. The fourth-order valence-electron chi connectivity index (χ4n) is 10.7. The molecule has 0 spiro atoms. The molecule has 18 nitrogen and oxygen atoms in total. The molecule has 8 rings (SSSR count). The predicted molar refractivity (Wildman–Crippen MR) is 211 cm³/mol. The van der Waals surface area contributed by atoms with Gasteiger partial charge in [0.05, 0.1) is 46.7 Å². The van der Waals surface area contributed by atoms with Crippen LogP contribution in [-0.4, -0.2) is 170 Å². The maximum atomic E-state index is 14.1. The van der Waals surface area contributed by atoms with Crippen LogP contribution in [0, 0.1) is 11.8 Å². The molecule has 314 valence electrons. The number of nitrogens with one attached hydrogen (secondary N) is 2. The second-order valence-electron chi connectivity index (χ2n) is 15.9. The number of nitrogens with two attached hydrogens (primary N) is 2. The lowest BCUT2D eigenvalue weighted by Crippen LogP contribution is -2.55. The average Bonchev–Trinajstić information content (AvgIpc) is 3.73. The average molecular weight is 843 g/mol. The first kappa shape index (κ1) is 40.7. The van der Waals surface area contributed by atoms with Crippen LogP contribution in [-0.2, 0) is 38.1 Å². The van der Waals surface area contributed by atoms with Crippen molar-refractivity contribution in [1.82, 2.24) is 30.2 Å². The van der Waals surface area contributed by atoms with Gasteiger partial charge >= 0.3 is 12.2 Å². The van der Waals surface area contributed by atoms with Gasteiger partial charge in [0.1, 0.15) is 13.2 Å². The molecule has 8 aliphatic rings. The number of nitrogens with zero attached hydrogens (tertiary/aromatic N) is 4. The quantitative estimate of drug-likeness (QED) is 0.0645. The number of carbonyl (C=O) groups excluding carboxylic acids is 6. The van der Waals surface area contributed by atoms with Crippen LogP contribution in [0.5, 0.6) is 0 Å². The lowest BCUT2D eigenvalue weighted by atomic mass is 9.82. The second kappa shape index (κ2) is 14.9. The fraction of sp³-hybridized carbons (Fsp3) is 0.632. The summed E-state index contributed by atoms with van der Waals surface area (Å²) in [5.41, 5.74) is 11.0. The highest BCUT2D eigenvalue weighted by molar-refractivity contribution is 8.76. The van der Waals surface area contributed by atoms with Crippen LogP contribution in [0.15, 0.2) is 45.1 Å². The van der Waals surface area contributed by atoms with Crippen molar-refractivity contribution in [2.75, 3.05) is 79.2 Å². The van der Waals surface area contributed by atoms with Gasteiger partial charge in [-0.25, -0.2) is 9.59 Å². The number of amides is 2. The number of ether oxygens (including phenoxy) is 4. The Balaban J connectivity index is 0.810. The van der Waals surface area contributed by atoms with Crippen molar-refractivity contribution >= 4 is 56.9 Å². The van der Waals surface area contributed by atoms with Gasteiger partial charge in [0.25, 0.3) is 0 Å². The standard InChI is InChI=1S/C38H50N8O10S2/c1-17-25(31(49)23-19(15-55-35(39)51)37(53-5)33-21(43(33)3)13-45(37)27(23)29(17)47)41-9-7-11-57-58-12-8-10-42-26-18(2)30(48)28-24(32(26)50)20(16-56-36(40)52)38(54-6)34-22(44(34)4)14-46(28)38/h19-22,33-34,41-42H,7-16H2,1-6H3,(H2,39,51)(H2,40,52)/t19-,20-,21+,22+,33+,34+,37-,38-,43?,44?/m1/s1. The van der Waals surface area contributed by atoms with E-state index in [0.717, 1.165) is 24.3 Å². The summed E-state index contributed by atoms with van der Waals surface area (Å²) in [4.78, 5) is 87.2. The van der Waals surface area contributed by atoms with E-state index in [4.69, 9.17) is 30.4 Å². The summed E-state index contributed by atoms with van der Waals surface area (Å²) in [6.45, 7) is 4.92. The Morgan fingerprint density at radius 1 is 0.690 bits per heavy atom. The molecular formula is C38H50N8O10S2. The molecule has 6 heterocycles.